The van der Waals surface area contributed by atoms with Crippen LogP contribution < -0.4 is 5.32 Å². The average molecular weight is 377 g/mol. The van der Waals surface area contributed by atoms with Crippen molar-refractivity contribution in [3.63, 3.8) is 0 Å². The molecule has 1 aromatic carbocycles. The van der Waals surface area contributed by atoms with Crippen LogP contribution in [0.25, 0.3) is 0 Å². The fourth-order valence-electron chi connectivity index (χ4n) is 1.30. The number of aromatic nitrogens is 1. The molecule has 2 aromatic rings. The maximum absolute atomic E-state index is 12.6. The molecule has 6 heteroatoms. The molecular weight excluding hydrogens is 370 g/mol. The fourth-order valence-corrected chi connectivity index (χ4v) is 2.20. The number of nitrogens with zero attached hydrogens (tertiary/aromatic N) is 1. The molecule has 18 heavy (non-hydrogen) atoms. The van der Waals surface area contributed by atoms with Gasteiger partial charge in [0.1, 0.15) is 0 Å². The van der Waals surface area contributed by atoms with Crippen molar-refractivity contribution < 1.29 is 9.18 Å². The van der Waals surface area contributed by atoms with Crippen LogP contribution in [-0.4, -0.2) is 10.9 Å². The molecule has 0 aliphatic rings. The summed E-state index contributed by atoms with van der Waals surface area (Å²) in [5, 5.41) is 3.09. The molecule has 1 amide bonds. The molecule has 2 rings (SSSR count). The number of pyridine rings is 1. The van der Waals surface area contributed by atoms with Crippen molar-refractivity contribution in [2.45, 2.75) is 0 Å². The summed E-state index contributed by atoms with van der Waals surface area (Å²) in [5.74, 6) is -1.01. The summed E-state index contributed by atoms with van der Waals surface area (Å²) in [5.41, 5.74) is 0.775. The van der Waals surface area contributed by atoms with Gasteiger partial charge in [-0.05, 0) is 52.9 Å². The van der Waals surface area contributed by atoms with Crippen LogP contribution in [0.15, 0.2) is 36.5 Å². The number of benzene rings is 1. The first-order chi connectivity index (χ1) is 8.56. The number of hydrogen-bond donors (Lipinski definition) is 1. The van der Waals surface area contributed by atoms with E-state index in [1.807, 2.05) is 6.07 Å². The number of nitrogens with one attached hydrogen (secondary N) is 1. The van der Waals surface area contributed by atoms with E-state index in [0.717, 1.165) is 9.64 Å². The zero-order chi connectivity index (χ0) is 13.1. The first kappa shape index (κ1) is 13.2. The highest BCUT2D eigenvalue weighted by Gasteiger charge is 2.09. The molecule has 0 spiro atoms. The van der Waals surface area contributed by atoms with E-state index in [9.17, 15) is 9.18 Å². The van der Waals surface area contributed by atoms with Crippen LogP contribution in [0.1, 0.15) is 10.4 Å². The smallest absolute Gasteiger partial charge is 0.257 e. The van der Waals surface area contributed by atoms with Gasteiger partial charge in [-0.25, -0.2) is 4.98 Å². The van der Waals surface area contributed by atoms with Gasteiger partial charge in [0.05, 0.1) is 16.3 Å². The second-order valence-corrected chi connectivity index (χ2v) is 5.10. The van der Waals surface area contributed by atoms with Crippen molar-refractivity contribution in [1.29, 1.82) is 0 Å². The lowest BCUT2D eigenvalue weighted by Crippen LogP contribution is -2.12. The molecule has 0 bridgehead atoms. The summed E-state index contributed by atoms with van der Waals surface area (Å²) in [6.07, 6.45) is 1.17. The number of hydrogen-bond acceptors (Lipinski definition) is 2. The number of amides is 1. The Labute approximate surface area is 122 Å². The third-order valence-electron chi connectivity index (χ3n) is 2.17. The Hall–Kier alpha value is -1.21. The van der Waals surface area contributed by atoms with Crippen LogP contribution in [0.2, 0.25) is 5.02 Å². The topological polar surface area (TPSA) is 42.0 Å². The molecule has 0 unspecified atom stereocenters. The molecule has 0 fully saturated rings. The standard InChI is InChI=1S/C12H7ClFIN2O/c13-9-5-8(15)2-3-10(9)17-12(18)7-1-4-11(14)16-6-7/h1-6H,(H,17,18). The number of carbonyl (C=O) groups is 1. The van der Waals surface area contributed by atoms with Gasteiger partial charge in [0.2, 0.25) is 5.95 Å². The summed E-state index contributed by atoms with van der Waals surface area (Å²) in [6, 6.07) is 7.76. The Bertz CT molecular complexity index is 589. The Morgan fingerprint density at radius 2 is 2.11 bits per heavy atom. The van der Waals surface area contributed by atoms with E-state index in [1.54, 1.807) is 12.1 Å². The molecule has 0 aliphatic carbocycles. The number of anilines is 1. The zero-order valence-electron chi connectivity index (χ0n) is 8.95. The minimum Gasteiger partial charge on any atom is -0.321 e. The predicted octanol–water partition coefficient (Wildman–Crippen LogP) is 3.73. The summed E-state index contributed by atoms with van der Waals surface area (Å²) >= 11 is 8.11. The van der Waals surface area contributed by atoms with E-state index in [-0.39, 0.29) is 11.5 Å². The van der Waals surface area contributed by atoms with Crippen molar-refractivity contribution in [2.75, 3.05) is 5.32 Å². The lowest BCUT2D eigenvalue weighted by molar-refractivity contribution is 0.102. The van der Waals surface area contributed by atoms with Crippen LogP contribution in [0.4, 0.5) is 10.1 Å². The van der Waals surface area contributed by atoms with Crippen molar-refractivity contribution in [3.8, 4) is 0 Å². The molecular formula is C12H7ClFIN2O. The Morgan fingerprint density at radius 1 is 1.33 bits per heavy atom. The first-order valence-electron chi connectivity index (χ1n) is 4.94. The normalized spacial score (nSPS) is 10.2. The second kappa shape index (κ2) is 5.62. The quantitative estimate of drug-likeness (QED) is 0.641. The highest BCUT2D eigenvalue weighted by atomic mass is 127. The summed E-state index contributed by atoms with van der Waals surface area (Å²) in [4.78, 5) is 15.2. The van der Waals surface area contributed by atoms with Crippen molar-refractivity contribution in [1.82, 2.24) is 4.98 Å². The van der Waals surface area contributed by atoms with Gasteiger partial charge in [-0.1, -0.05) is 11.6 Å². The molecule has 3 nitrogen and oxygen atoms in total. The van der Waals surface area contributed by atoms with E-state index < -0.39 is 5.95 Å². The molecule has 1 aromatic heterocycles. The second-order valence-electron chi connectivity index (χ2n) is 3.45. The van der Waals surface area contributed by atoms with Crippen LogP contribution in [0.3, 0.4) is 0 Å². The fraction of sp³-hybridized carbons (Fsp3) is 0. The molecule has 1 heterocycles. The van der Waals surface area contributed by atoms with Gasteiger partial charge in [0.25, 0.3) is 5.91 Å². The maximum atomic E-state index is 12.6. The monoisotopic (exact) mass is 376 g/mol. The number of carbonyl (C=O) groups excluding carboxylic acids is 1. The Morgan fingerprint density at radius 3 is 2.72 bits per heavy atom. The number of rotatable bonds is 2. The average Bonchev–Trinajstić information content (AvgIpc) is 2.33. The Kier molecular flexibility index (Phi) is 4.13. The highest BCUT2D eigenvalue weighted by molar-refractivity contribution is 14.1. The molecule has 0 saturated carbocycles. The SMILES string of the molecule is O=C(Nc1ccc(I)cc1Cl)c1ccc(F)nc1. The van der Waals surface area contributed by atoms with E-state index in [0.29, 0.717) is 10.7 Å². The van der Waals surface area contributed by atoms with Gasteiger partial charge in [0.15, 0.2) is 0 Å². The van der Waals surface area contributed by atoms with E-state index in [2.05, 4.69) is 32.9 Å². The summed E-state index contributed by atoms with van der Waals surface area (Å²) in [7, 11) is 0. The third-order valence-corrected chi connectivity index (χ3v) is 3.15. The molecule has 0 saturated heterocycles. The van der Waals surface area contributed by atoms with Gasteiger partial charge in [0, 0.05) is 9.77 Å². The van der Waals surface area contributed by atoms with Gasteiger partial charge in [-0.15, -0.1) is 0 Å². The van der Waals surface area contributed by atoms with Gasteiger partial charge in [-0.3, -0.25) is 4.79 Å². The molecule has 1 N–H and O–H groups in total. The van der Waals surface area contributed by atoms with Gasteiger partial charge >= 0.3 is 0 Å². The molecule has 92 valence electrons. The maximum Gasteiger partial charge on any atom is 0.257 e. The lowest BCUT2D eigenvalue weighted by Gasteiger charge is -2.07. The van der Waals surface area contributed by atoms with Gasteiger partial charge in [-0.2, -0.15) is 4.39 Å². The van der Waals surface area contributed by atoms with Crippen molar-refractivity contribution in [2.24, 2.45) is 0 Å². The summed E-state index contributed by atoms with van der Waals surface area (Å²) in [6.45, 7) is 0. The van der Waals surface area contributed by atoms with Crippen LogP contribution in [0.5, 0.6) is 0 Å². The van der Waals surface area contributed by atoms with Gasteiger partial charge < -0.3 is 5.32 Å². The molecule has 0 aliphatic heterocycles. The third kappa shape index (κ3) is 3.17. The van der Waals surface area contributed by atoms with Crippen molar-refractivity contribution >= 4 is 45.8 Å². The van der Waals surface area contributed by atoms with Crippen molar-refractivity contribution in [3.05, 3.63) is 56.6 Å². The van der Waals surface area contributed by atoms with Crippen LogP contribution >= 0.6 is 34.2 Å². The highest BCUT2D eigenvalue weighted by Crippen LogP contribution is 2.24. The predicted molar refractivity (Wildman–Crippen MR) is 76.3 cm³/mol. The summed E-state index contributed by atoms with van der Waals surface area (Å²) < 4.78 is 13.6. The minimum atomic E-state index is -0.626. The minimum absolute atomic E-state index is 0.269. The number of halogens is 3. The van der Waals surface area contributed by atoms with Crippen LogP contribution in [0, 0.1) is 9.52 Å². The van der Waals surface area contributed by atoms with E-state index in [1.165, 1.54) is 12.3 Å². The molecule has 0 atom stereocenters. The first-order valence-corrected chi connectivity index (χ1v) is 6.40. The lowest BCUT2D eigenvalue weighted by atomic mass is 10.2. The molecule has 0 radical (unpaired) electrons. The largest absolute Gasteiger partial charge is 0.321 e. The van der Waals surface area contributed by atoms with E-state index in [4.69, 9.17) is 11.6 Å². The Balaban J connectivity index is 2.18. The zero-order valence-corrected chi connectivity index (χ0v) is 11.9. The van der Waals surface area contributed by atoms with E-state index >= 15 is 0 Å². The van der Waals surface area contributed by atoms with Crippen LogP contribution in [-0.2, 0) is 0 Å².